The number of phenolic OH excluding ortho intramolecular Hbond substituents is 1. The molecule has 0 bridgehead atoms. The lowest BCUT2D eigenvalue weighted by Gasteiger charge is -2.32. The molecule has 0 spiro atoms. The molecule has 2 unspecified atom stereocenters. The van der Waals surface area contributed by atoms with E-state index >= 15 is 8.78 Å². The Kier molecular flexibility index (Phi) is 15.2. The lowest BCUT2D eigenvalue weighted by Crippen LogP contribution is -2.33. The zero-order chi connectivity index (χ0) is 42.1. The second-order valence-corrected chi connectivity index (χ2v) is 16.8. The van der Waals surface area contributed by atoms with Gasteiger partial charge in [-0.2, -0.15) is 9.97 Å². The molecule has 9 nitrogen and oxygen atoms in total. The van der Waals surface area contributed by atoms with Gasteiger partial charge in [0.05, 0.1) is 35.8 Å². The summed E-state index contributed by atoms with van der Waals surface area (Å²) in [7, 11) is 3.97. The first-order valence-electron chi connectivity index (χ1n) is 21.2. The Morgan fingerprint density at radius 2 is 1.93 bits per heavy atom. The smallest absolute Gasteiger partial charge is 0.318 e. The SMILES string of the molecule is C/C=C1\C(=NC(C)C)C(c2cc(O)cc3ccc(F)c(CC)c23)=Cc2nc(OCC(C)(CCCCC)CC(F)CC)nc(N3CCCN=C(/C=C(\N)CN(C)C)C3)c21. The third-order valence-corrected chi connectivity index (χ3v) is 10.9. The Morgan fingerprint density at radius 3 is 2.60 bits per heavy atom. The number of alkyl halides is 1. The van der Waals surface area contributed by atoms with Crippen molar-refractivity contribution in [2.75, 3.05) is 51.8 Å². The monoisotopic (exact) mass is 798 g/mol. The second-order valence-electron chi connectivity index (χ2n) is 16.8. The maximum atomic E-state index is 15.5. The van der Waals surface area contributed by atoms with Gasteiger partial charge in [-0.05, 0) is 119 Å². The Labute approximate surface area is 344 Å². The minimum atomic E-state index is -0.936. The highest BCUT2D eigenvalue weighted by molar-refractivity contribution is 6.50. The molecule has 2 aliphatic rings. The molecule has 2 aromatic carbocycles. The van der Waals surface area contributed by atoms with Crippen LogP contribution in [0.1, 0.15) is 116 Å². The van der Waals surface area contributed by atoms with E-state index in [1.54, 1.807) is 18.2 Å². The van der Waals surface area contributed by atoms with Crippen LogP contribution in [0.5, 0.6) is 11.8 Å². The van der Waals surface area contributed by atoms with Crippen molar-refractivity contribution in [3.63, 3.8) is 0 Å². The van der Waals surface area contributed by atoms with E-state index in [0.717, 1.165) is 65.3 Å². The molecule has 1 aliphatic carbocycles. The molecule has 2 atom stereocenters. The van der Waals surface area contributed by atoms with Crippen molar-refractivity contribution in [3.05, 3.63) is 70.3 Å². The molecule has 11 heteroatoms. The first-order valence-corrected chi connectivity index (χ1v) is 21.2. The number of hydrogen-bond donors (Lipinski definition) is 2. The summed E-state index contributed by atoms with van der Waals surface area (Å²) in [6.07, 6.45) is 11.1. The van der Waals surface area contributed by atoms with E-state index in [1.807, 2.05) is 71.8 Å². The van der Waals surface area contributed by atoms with Crippen LogP contribution in [0.2, 0.25) is 0 Å². The van der Waals surface area contributed by atoms with Gasteiger partial charge < -0.3 is 25.4 Å². The van der Waals surface area contributed by atoms with E-state index in [1.165, 1.54) is 6.07 Å². The number of aromatic hydroxyl groups is 1. The summed E-state index contributed by atoms with van der Waals surface area (Å²) in [6, 6.07) is 6.65. The summed E-state index contributed by atoms with van der Waals surface area (Å²) < 4.78 is 37.2. The highest BCUT2D eigenvalue weighted by atomic mass is 19.1. The molecule has 2 heterocycles. The molecule has 314 valence electrons. The fourth-order valence-corrected chi connectivity index (χ4v) is 8.17. The number of halogens is 2. The zero-order valence-corrected chi connectivity index (χ0v) is 36.3. The molecule has 58 heavy (non-hydrogen) atoms. The summed E-state index contributed by atoms with van der Waals surface area (Å²) in [5.41, 5.74) is 12.5. The molecule has 1 aromatic heterocycles. The third-order valence-electron chi connectivity index (χ3n) is 10.9. The van der Waals surface area contributed by atoms with Crippen molar-refractivity contribution in [2.24, 2.45) is 21.1 Å². The van der Waals surface area contributed by atoms with Gasteiger partial charge >= 0.3 is 6.01 Å². The fourth-order valence-electron chi connectivity index (χ4n) is 8.17. The van der Waals surface area contributed by atoms with Gasteiger partial charge in [0.1, 0.15) is 23.6 Å². The lowest BCUT2D eigenvalue weighted by atomic mass is 9.80. The van der Waals surface area contributed by atoms with E-state index in [-0.39, 0.29) is 30.2 Å². The van der Waals surface area contributed by atoms with Gasteiger partial charge in [-0.1, -0.05) is 59.1 Å². The number of aliphatic imine (C=N–C) groups is 2. The number of hydrogen-bond acceptors (Lipinski definition) is 9. The molecule has 5 rings (SSSR count). The summed E-state index contributed by atoms with van der Waals surface area (Å²) >= 11 is 0. The van der Waals surface area contributed by atoms with Gasteiger partial charge in [0, 0.05) is 47.9 Å². The van der Waals surface area contributed by atoms with Crippen molar-refractivity contribution in [3.8, 4) is 11.8 Å². The maximum Gasteiger partial charge on any atom is 0.318 e. The van der Waals surface area contributed by atoms with Gasteiger partial charge in [-0.25, -0.2) is 8.78 Å². The number of nitrogens with two attached hydrogens (primary N) is 1. The lowest BCUT2D eigenvalue weighted by molar-refractivity contribution is 0.0945. The first-order chi connectivity index (χ1) is 27.7. The van der Waals surface area contributed by atoms with Crippen LogP contribution in [-0.2, 0) is 6.42 Å². The number of allylic oxidation sites excluding steroid dienone is 3. The number of likely N-dealkylation sites (N-methyl/N-ethyl adjacent to an activating group) is 1. The summed E-state index contributed by atoms with van der Waals surface area (Å²) in [5.74, 6) is 0.451. The predicted octanol–water partition coefficient (Wildman–Crippen LogP) is 10.0. The number of phenols is 1. The number of anilines is 1. The molecule has 0 fully saturated rings. The van der Waals surface area contributed by atoms with Crippen LogP contribution >= 0.6 is 0 Å². The number of fused-ring (bicyclic) bond motifs is 2. The van der Waals surface area contributed by atoms with Crippen LogP contribution in [0.4, 0.5) is 14.6 Å². The van der Waals surface area contributed by atoms with Crippen LogP contribution in [0.15, 0.2) is 52.1 Å². The van der Waals surface area contributed by atoms with E-state index in [9.17, 15) is 5.11 Å². The van der Waals surface area contributed by atoms with E-state index in [4.69, 9.17) is 30.4 Å². The largest absolute Gasteiger partial charge is 0.508 e. The van der Waals surface area contributed by atoms with Crippen LogP contribution in [0.25, 0.3) is 28.0 Å². The van der Waals surface area contributed by atoms with Gasteiger partial charge in [-0.15, -0.1) is 0 Å². The third kappa shape index (κ3) is 10.7. The summed E-state index contributed by atoms with van der Waals surface area (Å²) in [4.78, 5) is 24.7. The van der Waals surface area contributed by atoms with Crippen molar-refractivity contribution >= 4 is 45.2 Å². The maximum absolute atomic E-state index is 15.5. The van der Waals surface area contributed by atoms with E-state index in [0.29, 0.717) is 79.5 Å². The quantitative estimate of drug-likeness (QED) is 0.131. The van der Waals surface area contributed by atoms with Crippen molar-refractivity contribution in [2.45, 2.75) is 112 Å². The van der Waals surface area contributed by atoms with E-state index < -0.39 is 11.6 Å². The van der Waals surface area contributed by atoms with Crippen molar-refractivity contribution < 1.29 is 18.6 Å². The van der Waals surface area contributed by atoms with Crippen molar-refractivity contribution in [1.82, 2.24) is 14.9 Å². The Morgan fingerprint density at radius 1 is 1.16 bits per heavy atom. The molecule has 0 saturated heterocycles. The highest BCUT2D eigenvalue weighted by Crippen LogP contribution is 2.44. The molecule has 0 amide bonds. The average molecular weight is 798 g/mol. The van der Waals surface area contributed by atoms with Crippen LogP contribution in [-0.4, -0.2) is 90.5 Å². The average Bonchev–Trinajstić information content (AvgIpc) is 3.41. The van der Waals surface area contributed by atoms with Gasteiger partial charge in [0.2, 0.25) is 0 Å². The number of aromatic nitrogens is 2. The van der Waals surface area contributed by atoms with E-state index in [2.05, 4.69) is 18.7 Å². The number of unbranched alkanes of at least 4 members (excludes halogenated alkanes) is 2. The normalized spacial score (nSPS) is 18.1. The fraction of sp³-hybridized carbons (Fsp3) is 0.532. The van der Waals surface area contributed by atoms with Crippen LogP contribution < -0.4 is 15.4 Å². The number of benzene rings is 2. The highest BCUT2D eigenvalue weighted by Gasteiger charge is 2.34. The minimum absolute atomic E-state index is 0.0692. The zero-order valence-electron chi connectivity index (χ0n) is 36.3. The molecule has 3 aromatic rings. The van der Waals surface area contributed by atoms with Crippen LogP contribution in [0, 0.1) is 11.2 Å². The molecule has 3 N–H and O–H groups in total. The summed E-state index contributed by atoms with van der Waals surface area (Å²) in [6.45, 7) is 16.8. The Bertz CT molecular complexity index is 2090. The van der Waals surface area contributed by atoms with Gasteiger partial charge in [0.15, 0.2) is 0 Å². The first kappa shape index (κ1) is 44.5. The molecule has 0 radical (unpaired) electrons. The molecular formula is C47H65F2N7O2. The standard InChI is InChI=1S/C47H65F2N7O2/c1-10-14-15-19-47(7,26-32(48)11-2)29-58-46-53-41-25-39(38-24-35(57)22-31-17-18-40(49)36(12-3)42(31)38)44(52-30(5)6)37(13-4)43(41)45(54-46)56-21-16-20-51-34(28-56)23-33(50)27-55(8)9/h13,17-18,22-25,30,32,57H,10-12,14-16,19-21,26-29,50H2,1-9H3/b33-23-,37-13-,52-44?. The molecule has 0 saturated carbocycles. The minimum Gasteiger partial charge on any atom is -0.508 e. The Balaban J connectivity index is 1.77. The number of nitrogens with zero attached hydrogens (tertiary/aromatic N) is 6. The van der Waals surface area contributed by atoms with Gasteiger partial charge in [0.25, 0.3) is 0 Å². The Hall–Kier alpha value is -4.64. The molecule has 1 aliphatic heterocycles. The number of rotatable bonds is 17. The predicted molar refractivity (Wildman–Crippen MR) is 239 cm³/mol. The summed E-state index contributed by atoms with van der Waals surface area (Å²) in [5, 5.41) is 12.6. The van der Waals surface area contributed by atoms with Crippen LogP contribution in [0.3, 0.4) is 0 Å². The van der Waals surface area contributed by atoms with Gasteiger partial charge in [-0.3, -0.25) is 9.98 Å². The molecular weight excluding hydrogens is 733 g/mol. The number of aryl methyl sites for hydroxylation is 1. The van der Waals surface area contributed by atoms with Crippen molar-refractivity contribution in [1.29, 1.82) is 0 Å². The number of ether oxygens (including phenoxy) is 1. The topological polar surface area (TPSA) is 112 Å². The second kappa shape index (κ2) is 19.9.